The second-order valence-corrected chi connectivity index (χ2v) is 3.04. The van der Waals surface area contributed by atoms with Gasteiger partial charge in [0.1, 0.15) is 0 Å². The summed E-state index contributed by atoms with van der Waals surface area (Å²) in [6, 6.07) is 6.00. The van der Waals surface area contributed by atoms with E-state index < -0.39 is 5.82 Å². The van der Waals surface area contributed by atoms with Crippen LogP contribution < -0.4 is 4.74 Å². The molecule has 4 nitrogen and oxygen atoms in total. The van der Waals surface area contributed by atoms with Gasteiger partial charge in [-0.15, -0.1) is 0 Å². The van der Waals surface area contributed by atoms with Gasteiger partial charge in [0.15, 0.2) is 11.6 Å². The first-order valence-corrected chi connectivity index (χ1v) is 4.64. The van der Waals surface area contributed by atoms with Crippen molar-refractivity contribution in [2.24, 2.45) is 0 Å². The Morgan fingerprint density at radius 3 is 2.81 bits per heavy atom. The molecule has 2 aromatic rings. The third-order valence-electron chi connectivity index (χ3n) is 1.88. The van der Waals surface area contributed by atoms with E-state index in [2.05, 4.69) is 9.97 Å². The Morgan fingerprint density at radius 1 is 1.25 bits per heavy atom. The van der Waals surface area contributed by atoms with Gasteiger partial charge in [-0.25, -0.2) is 9.37 Å². The van der Waals surface area contributed by atoms with Crippen LogP contribution in [0.4, 0.5) is 4.39 Å². The minimum atomic E-state index is -0.473. The van der Waals surface area contributed by atoms with E-state index in [4.69, 9.17) is 9.84 Å². The number of para-hydroxylation sites is 1. The fraction of sp³-hybridized carbons (Fsp3) is 0.0909. The number of rotatable bonds is 3. The lowest BCUT2D eigenvalue weighted by Gasteiger charge is -2.05. The minimum absolute atomic E-state index is 0.0758. The van der Waals surface area contributed by atoms with Crippen LogP contribution in [-0.4, -0.2) is 15.1 Å². The lowest BCUT2D eigenvalue weighted by atomic mass is 10.3. The molecule has 2 rings (SSSR count). The topological polar surface area (TPSA) is 55.2 Å². The second kappa shape index (κ2) is 4.67. The smallest absolute Gasteiger partial charge is 0.238 e. The van der Waals surface area contributed by atoms with E-state index in [-0.39, 0.29) is 18.2 Å². The quantitative estimate of drug-likeness (QED) is 0.858. The molecule has 1 heterocycles. The number of ether oxygens (including phenoxy) is 1. The fourth-order valence-electron chi connectivity index (χ4n) is 1.15. The molecule has 0 saturated heterocycles. The molecule has 0 unspecified atom stereocenters. The molecular weight excluding hydrogens is 211 g/mol. The summed E-state index contributed by atoms with van der Waals surface area (Å²) in [6.07, 6.45) is 2.76. The van der Waals surface area contributed by atoms with Crippen molar-refractivity contribution in [3.05, 3.63) is 48.2 Å². The SMILES string of the molecule is OCc1cncc(Oc2ccccc2F)n1. The van der Waals surface area contributed by atoms with E-state index in [1.54, 1.807) is 12.1 Å². The van der Waals surface area contributed by atoms with Crippen molar-refractivity contribution in [1.82, 2.24) is 9.97 Å². The molecule has 0 atom stereocenters. The molecule has 1 aromatic heterocycles. The van der Waals surface area contributed by atoms with Gasteiger partial charge in [0.25, 0.3) is 0 Å². The molecule has 1 N–H and O–H groups in total. The lowest BCUT2D eigenvalue weighted by Crippen LogP contribution is -1.95. The highest BCUT2D eigenvalue weighted by Crippen LogP contribution is 2.21. The first-order valence-electron chi connectivity index (χ1n) is 4.64. The molecule has 0 spiro atoms. The molecule has 0 aliphatic heterocycles. The van der Waals surface area contributed by atoms with Crippen LogP contribution in [0, 0.1) is 5.82 Å². The van der Waals surface area contributed by atoms with Gasteiger partial charge < -0.3 is 9.84 Å². The Hall–Kier alpha value is -2.01. The van der Waals surface area contributed by atoms with E-state index in [1.165, 1.54) is 24.5 Å². The van der Waals surface area contributed by atoms with Gasteiger partial charge in [-0.05, 0) is 12.1 Å². The van der Waals surface area contributed by atoms with Crippen LogP contribution in [0.2, 0.25) is 0 Å². The van der Waals surface area contributed by atoms with Crippen molar-refractivity contribution < 1.29 is 14.2 Å². The number of aliphatic hydroxyl groups is 1. The molecule has 0 bridgehead atoms. The largest absolute Gasteiger partial charge is 0.434 e. The van der Waals surface area contributed by atoms with Crippen molar-refractivity contribution >= 4 is 0 Å². The van der Waals surface area contributed by atoms with Gasteiger partial charge in [0, 0.05) is 0 Å². The van der Waals surface area contributed by atoms with Crippen molar-refractivity contribution in [2.45, 2.75) is 6.61 Å². The Kier molecular flexibility index (Phi) is 3.07. The zero-order valence-electron chi connectivity index (χ0n) is 8.30. The maximum absolute atomic E-state index is 13.2. The fourth-order valence-corrected chi connectivity index (χ4v) is 1.15. The van der Waals surface area contributed by atoms with Crippen LogP contribution >= 0.6 is 0 Å². The highest BCUT2D eigenvalue weighted by Gasteiger charge is 2.05. The van der Waals surface area contributed by atoms with Crippen molar-refractivity contribution in [3.63, 3.8) is 0 Å². The van der Waals surface area contributed by atoms with Gasteiger partial charge in [-0.1, -0.05) is 12.1 Å². The Labute approximate surface area is 91.4 Å². The summed E-state index contributed by atoms with van der Waals surface area (Å²) >= 11 is 0. The average molecular weight is 220 g/mol. The molecule has 0 aliphatic carbocycles. The number of nitrogens with zero attached hydrogens (tertiary/aromatic N) is 2. The van der Waals surface area contributed by atoms with Crippen molar-refractivity contribution in [2.75, 3.05) is 0 Å². The van der Waals surface area contributed by atoms with E-state index >= 15 is 0 Å². The Balaban J connectivity index is 2.24. The van der Waals surface area contributed by atoms with E-state index in [1.807, 2.05) is 0 Å². The van der Waals surface area contributed by atoms with Gasteiger partial charge in [-0.3, -0.25) is 4.98 Å². The van der Waals surface area contributed by atoms with Gasteiger partial charge >= 0.3 is 0 Å². The summed E-state index contributed by atoms with van der Waals surface area (Å²) in [5.41, 5.74) is 0.369. The van der Waals surface area contributed by atoms with Crippen LogP contribution in [0.15, 0.2) is 36.7 Å². The normalized spacial score (nSPS) is 10.1. The summed E-state index contributed by atoms with van der Waals surface area (Å²) in [4.78, 5) is 7.74. The molecule has 1 aromatic carbocycles. The monoisotopic (exact) mass is 220 g/mol. The zero-order chi connectivity index (χ0) is 11.4. The van der Waals surface area contributed by atoms with Gasteiger partial charge in [0.05, 0.1) is 24.7 Å². The van der Waals surface area contributed by atoms with Crippen LogP contribution in [-0.2, 0) is 6.61 Å². The van der Waals surface area contributed by atoms with Gasteiger partial charge in [-0.2, -0.15) is 0 Å². The molecule has 0 fully saturated rings. The third-order valence-corrected chi connectivity index (χ3v) is 1.88. The minimum Gasteiger partial charge on any atom is -0.434 e. The van der Waals surface area contributed by atoms with Crippen LogP contribution in [0.3, 0.4) is 0 Å². The summed E-state index contributed by atoms with van der Waals surface area (Å²) in [6.45, 7) is -0.235. The molecule has 16 heavy (non-hydrogen) atoms. The number of hydrogen-bond donors (Lipinski definition) is 1. The molecule has 0 amide bonds. The van der Waals surface area contributed by atoms with Gasteiger partial charge in [0.2, 0.25) is 5.88 Å². The summed E-state index contributed by atoms with van der Waals surface area (Å²) in [5, 5.41) is 8.85. The van der Waals surface area contributed by atoms with E-state index in [9.17, 15) is 4.39 Å². The predicted octanol–water partition coefficient (Wildman–Crippen LogP) is 1.90. The molecule has 0 radical (unpaired) electrons. The van der Waals surface area contributed by atoms with Crippen molar-refractivity contribution in [1.29, 1.82) is 0 Å². The molecule has 0 saturated carbocycles. The number of aliphatic hydroxyl groups excluding tert-OH is 1. The first-order chi connectivity index (χ1) is 7.79. The van der Waals surface area contributed by atoms with Crippen LogP contribution in [0.1, 0.15) is 5.69 Å². The van der Waals surface area contributed by atoms with E-state index in [0.29, 0.717) is 5.69 Å². The van der Waals surface area contributed by atoms with Crippen molar-refractivity contribution in [3.8, 4) is 11.6 Å². The molecule has 0 aliphatic rings. The predicted molar refractivity (Wildman–Crippen MR) is 54.4 cm³/mol. The summed E-state index contributed by atoms with van der Waals surface area (Å²) in [5.74, 6) is -0.248. The number of aromatic nitrogens is 2. The third kappa shape index (κ3) is 2.32. The highest BCUT2D eigenvalue weighted by molar-refractivity contribution is 5.27. The van der Waals surface area contributed by atoms with E-state index in [0.717, 1.165) is 0 Å². The van der Waals surface area contributed by atoms with Crippen LogP contribution in [0.5, 0.6) is 11.6 Å². The Morgan fingerprint density at radius 2 is 2.06 bits per heavy atom. The second-order valence-electron chi connectivity index (χ2n) is 3.04. The number of halogens is 1. The summed E-state index contributed by atoms with van der Waals surface area (Å²) in [7, 11) is 0. The lowest BCUT2D eigenvalue weighted by molar-refractivity contribution is 0.274. The Bertz CT molecular complexity index is 491. The van der Waals surface area contributed by atoms with Crippen LogP contribution in [0.25, 0.3) is 0 Å². The maximum Gasteiger partial charge on any atom is 0.238 e. The molecular formula is C11H9FN2O2. The highest BCUT2D eigenvalue weighted by atomic mass is 19.1. The number of benzene rings is 1. The molecule has 5 heteroatoms. The zero-order valence-corrected chi connectivity index (χ0v) is 8.30. The standard InChI is InChI=1S/C11H9FN2O2/c12-9-3-1-2-4-10(9)16-11-6-13-5-8(7-15)14-11/h1-6,15H,7H2. The molecule has 82 valence electrons. The number of hydrogen-bond acceptors (Lipinski definition) is 4. The first kappa shape index (κ1) is 10.5. The summed E-state index contributed by atoms with van der Waals surface area (Å²) < 4.78 is 18.4. The maximum atomic E-state index is 13.2. The average Bonchev–Trinajstić information content (AvgIpc) is 2.32.